The summed E-state index contributed by atoms with van der Waals surface area (Å²) in [4.78, 5) is 0. The monoisotopic (exact) mass is 371 g/mol. The van der Waals surface area contributed by atoms with Crippen molar-refractivity contribution in [1.29, 1.82) is 0 Å². The Morgan fingerprint density at radius 3 is 2.62 bits per heavy atom. The summed E-state index contributed by atoms with van der Waals surface area (Å²) in [7, 11) is 1.87. The lowest BCUT2D eigenvalue weighted by molar-refractivity contribution is 0.508. The SMILES string of the molecule is C[C@H](Sc1nnc(-c2ccco2)n1C)c1nnc(-c2ccc(F)cc2)o1. The van der Waals surface area contributed by atoms with Crippen LogP contribution in [0.3, 0.4) is 0 Å². The van der Waals surface area contributed by atoms with Crippen LogP contribution in [0.5, 0.6) is 0 Å². The third kappa shape index (κ3) is 3.13. The number of nitrogens with zero attached hydrogens (tertiary/aromatic N) is 5. The quantitative estimate of drug-likeness (QED) is 0.488. The molecule has 7 nitrogen and oxygen atoms in total. The normalized spacial score (nSPS) is 12.4. The van der Waals surface area contributed by atoms with Crippen LogP contribution in [0.25, 0.3) is 23.0 Å². The summed E-state index contributed by atoms with van der Waals surface area (Å²) in [6.07, 6.45) is 1.59. The first-order valence-corrected chi connectivity index (χ1v) is 8.69. The third-order valence-electron chi connectivity index (χ3n) is 3.74. The van der Waals surface area contributed by atoms with E-state index in [4.69, 9.17) is 8.83 Å². The van der Waals surface area contributed by atoms with Crippen LogP contribution in [0.4, 0.5) is 4.39 Å². The smallest absolute Gasteiger partial charge is 0.247 e. The number of thioether (sulfide) groups is 1. The molecule has 1 aromatic carbocycles. The minimum absolute atomic E-state index is 0.135. The largest absolute Gasteiger partial charge is 0.461 e. The van der Waals surface area contributed by atoms with E-state index in [0.717, 1.165) is 0 Å². The maximum absolute atomic E-state index is 13.0. The summed E-state index contributed by atoms with van der Waals surface area (Å²) in [5.74, 6) is 1.78. The molecular formula is C17H14FN5O2S. The summed E-state index contributed by atoms with van der Waals surface area (Å²) in [6, 6.07) is 9.54. The molecule has 4 rings (SSSR count). The standard InChI is InChI=1S/C17H14FN5O2S/c1-10(15-20-21-16(25-15)11-5-7-12(18)8-6-11)26-17-22-19-14(23(17)2)13-4-3-9-24-13/h3-10H,1-2H3/t10-/m0/s1. The van der Waals surface area contributed by atoms with Crippen molar-refractivity contribution in [2.24, 2.45) is 7.05 Å². The highest BCUT2D eigenvalue weighted by atomic mass is 32.2. The van der Waals surface area contributed by atoms with E-state index in [1.54, 1.807) is 24.5 Å². The summed E-state index contributed by atoms with van der Waals surface area (Å²) in [6.45, 7) is 1.94. The van der Waals surface area contributed by atoms with Gasteiger partial charge in [0, 0.05) is 12.6 Å². The molecule has 4 aromatic rings. The van der Waals surface area contributed by atoms with Crippen molar-refractivity contribution in [1.82, 2.24) is 25.0 Å². The van der Waals surface area contributed by atoms with Gasteiger partial charge in [-0.25, -0.2) is 4.39 Å². The molecule has 26 heavy (non-hydrogen) atoms. The number of halogens is 1. The number of rotatable bonds is 5. The number of benzene rings is 1. The van der Waals surface area contributed by atoms with Gasteiger partial charge in [0.1, 0.15) is 5.82 Å². The lowest BCUT2D eigenvalue weighted by Crippen LogP contribution is -1.96. The van der Waals surface area contributed by atoms with Crippen molar-refractivity contribution in [3.05, 3.63) is 54.4 Å². The summed E-state index contributed by atoms with van der Waals surface area (Å²) >= 11 is 1.44. The number of hydrogen-bond acceptors (Lipinski definition) is 7. The summed E-state index contributed by atoms with van der Waals surface area (Å²) in [5, 5.41) is 17.0. The zero-order chi connectivity index (χ0) is 18.1. The Labute approximate surface area is 152 Å². The zero-order valence-corrected chi connectivity index (χ0v) is 14.8. The molecule has 132 valence electrons. The van der Waals surface area contributed by atoms with Gasteiger partial charge in [0.25, 0.3) is 0 Å². The minimum Gasteiger partial charge on any atom is -0.461 e. The molecule has 1 atom stereocenters. The van der Waals surface area contributed by atoms with Crippen LogP contribution in [-0.4, -0.2) is 25.0 Å². The van der Waals surface area contributed by atoms with Gasteiger partial charge in [-0.05, 0) is 43.3 Å². The van der Waals surface area contributed by atoms with Gasteiger partial charge in [0.15, 0.2) is 16.7 Å². The zero-order valence-electron chi connectivity index (χ0n) is 14.0. The molecule has 3 aromatic heterocycles. The maximum Gasteiger partial charge on any atom is 0.247 e. The van der Waals surface area contributed by atoms with E-state index >= 15 is 0 Å². The second kappa shape index (κ2) is 6.75. The van der Waals surface area contributed by atoms with Crippen LogP contribution in [-0.2, 0) is 7.05 Å². The molecule has 0 spiro atoms. The molecule has 9 heteroatoms. The fourth-order valence-corrected chi connectivity index (χ4v) is 3.20. The van der Waals surface area contributed by atoms with Crippen molar-refractivity contribution in [2.45, 2.75) is 17.3 Å². The summed E-state index contributed by atoms with van der Waals surface area (Å²) < 4.78 is 26.0. The second-order valence-electron chi connectivity index (χ2n) is 5.55. The topological polar surface area (TPSA) is 82.8 Å². The predicted octanol–water partition coefficient (Wildman–Crippen LogP) is 4.12. The average molecular weight is 371 g/mol. The van der Waals surface area contributed by atoms with Crippen LogP contribution < -0.4 is 0 Å². The van der Waals surface area contributed by atoms with Crippen molar-refractivity contribution < 1.29 is 13.2 Å². The van der Waals surface area contributed by atoms with E-state index in [1.807, 2.05) is 24.6 Å². The van der Waals surface area contributed by atoms with Crippen LogP contribution in [0.1, 0.15) is 18.1 Å². The second-order valence-corrected chi connectivity index (χ2v) is 6.86. The molecule has 0 aliphatic heterocycles. The van der Waals surface area contributed by atoms with E-state index in [9.17, 15) is 4.39 Å². The van der Waals surface area contributed by atoms with Gasteiger partial charge in [0.05, 0.1) is 11.5 Å². The van der Waals surface area contributed by atoms with Crippen molar-refractivity contribution in [3.8, 4) is 23.0 Å². The molecule has 0 unspecified atom stereocenters. The Bertz CT molecular complexity index is 1010. The lowest BCUT2D eigenvalue weighted by Gasteiger charge is -2.06. The maximum atomic E-state index is 13.0. The van der Waals surface area contributed by atoms with Crippen molar-refractivity contribution in [3.63, 3.8) is 0 Å². The molecule has 3 heterocycles. The molecule has 0 radical (unpaired) electrons. The first kappa shape index (κ1) is 16.5. The van der Waals surface area contributed by atoms with Crippen LogP contribution in [0, 0.1) is 5.82 Å². The highest BCUT2D eigenvalue weighted by Gasteiger charge is 2.21. The molecule has 0 bridgehead atoms. The highest BCUT2D eigenvalue weighted by Crippen LogP contribution is 2.35. The summed E-state index contributed by atoms with van der Waals surface area (Å²) in [5.41, 5.74) is 0.668. The third-order valence-corrected chi connectivity index (χ3v) is 4.86. The average Bonchev–Trinajstić information content (AvgIpc) is 3.37. The predicted molar refractivity (Wildman–Crippen MR) is 92.7 cm³/mol. The van der Waals surface area contributed by atoms with Gasteiger partial charge in [-0.1, -0.05) is 11.8 Å². The van der Waals surface area contributed by atoms with Crippen molar-refractivity contribution >= 4 is 11.8 Å². The van der Waals surface area contributed by atoms with E-state index in [-0.39, 0.29) is 11.1 Å². The molecule has 0 saturated carbocycles. The molecule has 0 N–H and O–H groups in total. The van der Waals surface area contributed by atoms with E-state index in [1.165, 1.54) is 23.9 Å². The molecule has 0 fully saturated rings. The lowest BCUT2D eigenvalue weighted by atomic mass is 10.2. The van der Waals surface area contributed by atoms with Gasteiger partial charge in [-0.3, -0.25) is 0 Å². The fourth-order valence-electron chi connectivity index (χ4n) is 2.35. The van der Waals surface area contributed by atoms with E-state index < -0.39 is 0 Å². The molecule has 0 saturated heterocycles. The van der Waals surface area contributed by atoms with Gasteiger partial charge < -0.3 is 13.4 Å². The van der Waals surface area contributed by atoms with Crippen LogP contribution in [0.2, 0.25) is 0 Å². The van der Waals surface area contributed by atoms with Gasteiger partial charge in [-0.15, -0.1) is 20.4 Å². The fraction of sp³-hybridized carbons (Fsp3) is 0.176. The number of aromatic nitrogens is 5. The van der Waals surface area contributed by atoms with Gasteiger partial charge in [-0.2, -0.15) is 0 Å². The van der Waals surface area contributed by atoms with Crippen LogP contribution in [0.15, 0.2) is 56.7 Å². The Balaban J connectivity index is 1.52. The van der Waals surface area contributed by atoms with Crippen molar-refractivity contribution in [2.75, 3.05) is 0 Å². The number of furan rings is 1. The highest BCUT2D eigenvalue weighted by molar-refractivity contribution is 7.99. The molecule has 0 aliphatic carbocycles. The Hall–Kier alpha value is -2.94. The first-order valence-electron chi connectivity index (χ1n) is 7.81. The Morgan fingerprint density at radius 2 is 1.88 bits per heavy atom. The van der Waals surface area contributed by atoms with Gasteiger partial charge >= 0.3 is 0 Å². The van der Waals surface area contributed by atoms with E-state index in [2.05, 4.69) is 20.4 Å². The Kier molecular flexibility index (Phi) is 4.29. The molecular weight excluding hydrogens is 357 g/mol. The number of hydrogen-bond donors (Lipinski definition) is 0. The Morgan fingerprint density at radius 1 is 1.08 bits per heavy atom. The first-order chi connectivity index (χ1) is 12.6. The van der Waals surface area contributed by atoms with Gasteiger partial charge in [0.2, 0.25) is 11.8 Å². The minimum atomic E-state index is -0.313. The molecule has 0 aliphatic rings. The molecule has 0 amide bonds. The van der Waals surface area contributed by atoms with Crippen LogP contribution >= 0.6 is 11.8 Å². The van der Waals surface area contributed by atoms with E-state index in [0.29, 0.717) is 34.1 Å².